The molecule has 0 heterocycles. The summed E-state index contributed by atoms with van der Waals surface area (Å²) in [5, 5.41) is 14.5. The molecule has 1 unspecified atom stereocenters. The predicted molar refractivity (Wildman–Crippen MR) is 80.2 cm³/mol. The predicted octanol–water partition coefficient (Wildman–Crippen LogP) is 1.99. The summed E-state index contributed by atoms with van der Waals surface area (Å²) in [6.45, 7) is 4.99. The number of carbonyl (C=O) groups is 2. The Morgan fingerprint density at radius 3 is 2.38 bits per heavy atom. The van der Waals surface area contributed by atoms with Gasteiger partial charge in [0.05, 0.1) is 5.60 Å². The largest absolute Gasteiger partial charge is 0.481 e. The van der Waals surface area contributed by atoms with Crippen molar-refractivity contribution in [3.8, 4) is 0 Å². The summed E-state index contributed by atoms with van der Waals surface area (Å²) in [7, 11) is 1.67. The van der Waals surface area contributed by atoms with E-state index in [-0.39, 0.29) is 24.0 Å². The Morgan fingerprint density at radius 1 is 1.29 bits per heavy atom. The van der Waals surface area contributed by atoms with E-state index < -0.39 is 5.97 Å². The molecule has 1 saturated carbocycles. The van der Waals surface area contributed by atoms with Crippen molar-refractivity contribution < 1.29 is 19.4 Å². The Hall–Kier alpha value is -1.30. The van der Waals surface area contributed by atoms with E-state index in [1.807, 2.05) is 13.8 Å². The summed E-state index contributed by atoms with van der Waals surface area (Å²) in [5.74, 6) is -0.449. The maximum atomic E-state index is 11.8. The maximum Gasteiger partial charge on any atom is 0.314 e. The van der Waals surface area contributed by atoms with Crippen molar-refractivity contribution in [2.45, 2.75) is 51.6 Å². The van der Waals surface area contributed by atoms with Gasteiger partial charge in [0.25, 0.3) is 0 Å². The zero-order valence-electron chi connectivity index (χ0n) is 13.3. The molecule has 0 aromatic carbocycles. The second-order valence-electron chi connectivity index (χ2n) is 6.40. The molecule has 3 N–H and O–H groups in total. The van der Waals surface area contributed by atoms with E-state index >= 15 is 0 Å². The van der Waals surface area contributed by atoms with Crippen LogP contribution in [-0.4, -0.2) is 42.9 Å². The number of hydrogen-bond acceptors (Lipinski definition) is 3. The first kappa shape index (κ1) is 17.8. The van der Waals surface area contributed by atoms with Gasteiger partial charge in [-0.3, -0.25) is 4.79 Å². The lowest BCUT2D eigenvalue weighted by Crippen LogP contribution is -2.51. The van der Waals surface area contributed by atoms with Gasteiger partial charge in [0.15, 0.2) is 0 Å². The number of hydrogen-bond donors (Lipinski definition) is 3. The minimum atomic E-state index is -0.823. The first-order valence-corrected chi connectivity index (χ1v) is 7.65. The van der Waals surface area contributed by atoms with Crippen LogP contribution in [0.3, 0.4) is 0 Å². The van der Waals surface area contributed by atoms with E-state index in [9.17, 15) is 9.59 Å². The van der Waals surface area contributed by atoms with Crippen molar-refractivity contribution in [2.75, 3.05) is 20.2 Å². The zero-order chi connectivity index (χ0) is 15.9. The quantitative estimate of drug-likeness (QED) is 0.607. The average molecular weight is 300 g/mol. The van der Waals surface area contributed by atoms with E-state index in [1.165, 1.54) is 0 Å². The van der Waals surface area contributed by atoms with E-state index in [0.717, 1.165) is 25.7 Å². The highest BCUT2D eigenvalue weighted by molar-refractivity contribution is 5.74. The molecular formula is C15H28N2O4. The third kappa shape index (κ3) is 6.33. The van der Waals surface area contributed by atoms with Crippen LogP contribution in [0.4, 0.5) is 4.79 Å². The Labute approximate surface area is 126 Å². The van der Waals surface area contributed by atoms with Gasteiger partial charge in [0.2, 0.25) is 0 Å². The molecule has 2 amide bonds. The number of nitrogens with one attached hydrogen (secondary N) is 2. The van der Waals surface area contributed by atoms with E-state index in [0.29, 0.717) is 19.0 Å². The molecule has 6 nitrogen and oxygen atoms in total. The summed E-state index contributed by atoms with van der Waals surface area (Å²) in [6.07, 6.45) is 3.94. The zero-order valence-corrected chi connectivity index (χ0v) is 13.3. The molecule has 0 aliphatic heterocycles. The van der Waals surface area contributed by atoms with Gasteiger partial charge in [-0.05, 0) is 37.5 Å². The fourth-order valence-corrected chi connectivity index (χ4v) is 2.72. The fraction of sp³-hybridized carbons (Fsp3) is 0.867. The van der Waals surface area contributed by atoms with Gasteiger partial charge < -0.3 is 20.5 Å². The molecule has 1 rings (SSSR count). The third-order valence-electron chi connectivity index (χ3n) is 4.09. The third-order valence-corrected chi connectivity index (χ3v) is 4.09. The highest BCUT2D eigenvalue weighted by atomic mass is 16.5. The minimum absolute atomic E-state index is 0.0339. The molecule has 0 saturated heterocycles. The number of carbonyl (C=O) groups excluding carboxylic acids is 1. The van der Waals surface area contributed by atoms with Gasteiger partial charge in [0.1, 0.15) is 0 Å². The number of aliphatic carboxylic acids is 1. The van der Waals surface area contributed by atoms with Gasteiger partial charge in [-0.15, -0.1) is 0 Å². The normalized spacial score (nSPS) is 17.9. The first-order valence-electron chi connectivity index (χ1n) is 7.65. The highest BCUT2D eigenvalue weighted by Crippen LogP contribution is 2.34. The first-order chi connectivity index (χ1) is 9.87. The van der Waals surface area contributed by atoms with Crippen molar-refractivity contribution in [3.05, 3.63) is 0 Å². The van der Waals surface area contributed by atoms with Crippen LogP contribution >= 0.6 is 0 Å². The molecule has 1 fully saturated rings. The van der Waals surface area contributed by atoms with Gasteiger partial charge in [-0.1, -0.05) is 13.8 Å². The number of amides is 2. The van der Waals surface area contributed by atoms with E-state index in [4.69, 9.17) is 9.84 Å². The average Bonchev–Trinajstić information content (AvgIpc) is 2.34. The van der Waals surface area contributed by atoms with Crippen LogP contribution in [0.15, 0.2) is 0 Å². The van der Waals surface area contributed by atoms with Crippen LogP contribution in [0.1, 0.15) is 46.0 Å². The van der Waals surface area contributed by atoms with E-state index in [2.05, 4.69) is 10.6 Å². The van der Waals surface area contributed by atoms with Crippen molar-refractivity contribution in [1.29, 1.82) is 0 Å². The molecule has 0 bridgehead atoms. The van der Waals surface area contributed by atoms with Crippen LogP contribution in [0, 0.1) is 11.8 Å². The second-order valence-corrected chi connectivity index (χ2v) is 6.40. The Morgan fingerprint density at radius 2 is 1.95 bits per heavy atom. The molecule has 21 heavy (non-hydrogen) atoms. The van der Waals surface area contributed by atoms with Crippen molar-refractivity contribution in [3.63, 3.8) is 0 Å². The molecule has 1 aliphatic carbocycles. The number of urea groups is 1. The van der Waals surface area contributed by atoms with Gasteiger partial charge in [0, 0.05) is 26.6 Å². The second kappa shape index (κ2) is 8.22. The van der Waals surface area contributed by atoms with Gasteiger partial charge >= 0.3 is 12.0 Å². The Balaban J connectivity index is 2.30. The number of carboxylic acids is 1. The van der Waals surface area contributed by atoms with E-state index in [1.54, 1.807) is 7.11 Å². The lowest BCUT2D eigenvalue weighted by Gasteiger charge is -2.40. The SMILES string of the molecule is COC1(CNC(=O)NCC(CC(=O)O)CC(C)C)CCC1. The molecule has 1 aliphatic rings. The lowest BCUT2D eigenvalue weighted by molar-refractivity contribution is -0.138. The summed E-state index contributed by atoms with van der Waals surface area (Å²) in [6, 6.07) is -0.252. The van der Waals surface area contributed by atoms with Crippen LogP contribution in [0.2, 0.25) is 0 Å². The molecule has 122 valence electrons. The molecule has 0 spiro atoms. The topological polar surface area (TPSA) is 87.7 Å². The monoisotopic (exact) mass is 300 g/mol. The summed E-state index contributed by atoms with van der Waals surface area (Å²) in [5.41, 5.74) is -0.199. The Kier molecular flexibility index (Phi) is 6.95. The lowest BCUT2D eigenvalue weighted by atomic mass is 9.80. The summed E-state index contributed by atoms with van der Waals surface area (Å²) < 4.78 is 5.43. The van der Waals surface area contributed by atoms with Crippen molar-refractivity contribution >= 4 is 12.0 Å². The molecule has 6 heteroatoms. The number of rotatable bonds is 9. The Bertz CT molecular complexity index is 348. The van der Waals surface area contributed by atoms with Crippen LogP contribution in [0.5, 0.6) is 0 Å². The number of ether oxygens (including phenoxy) is 1. The van der Waals surface area contributed by atoms with Crippen LogP contribution in [-0.2, 0) is 9.53 Å². The van der Waals surface area contributed by atoms with Crippen LogP contribution in [0.25, 0.3) is 0 Å². The standard InChI is InChI=1S/C15H28N2O4/c1-11(2)7-12(8-13(18)19)9-16-14(20)17-10-15(21-3)5-4-6-15/h11-12H,4-10H2,1-3H3,(H,18,19)(H2,16,17,20). The van der Waals surface area contributed by atoms with Crippen molar-refractivity contribution in [1.82, 2.24) is 10.6 Å². The highest BCUT2D eigenvalue weighted by Gasteiger charge is 2.37. The summed E-state index contributed by atoms with van der Waals surface area (Å²) >= 11 is 0. The molecule has 0 aromatic rings. The van der Waals surface area contributed by atoms with Crippen LogP contribution < -0.4 is 10.6 Å². The summed E-state index contributed by atoms with van der Waals surface area (Å²) in [4.78, 5) is 22.6. The number of methoxy groups -OCH3 is 1. The molecule has 0 radical (unpaired) electrons. The fourth-order valence-electron chi connectivity index (χ4n) is 2.72. The van der Waals surface area contributed by atoms with Gasteiger partial charge in [-0.2, -0.15) is 0 Å². The molecule has 0 aromatic heterocycles. The van der Waals surface area contributed by atoms with Crippen molar-refractivity contribution in [2.24, 2.45) is 11.8 Å². The molecular weight excluding hydrogens is 272 g/mol. The number of carboxylic acid groups (broad SMARTS) is 1. The molecule has 1 atom stereocenters. The minimum Gasteiger partial charge on any atom is -0.481 e. The maximum absolute atomic E-state index is 11.8. The van der Waals surface area contributed by atoms with Gasteiger partial charge in [-0.25, -0.2) is 4.79 Å². The smallest absolute Gasteiger partial charge is 0.314 e.